The third kappa shape index (κ3) is 1.86. The van der Waals surface area contributed by atoms with E-state index < -0.39 is 0 Å². The van der Waals surface area contributed by atoms with Gasteiger partial charge in [-0.2, -0.15) is 0 Å². The molecule has 0 aromatic carbocycles. The summed E-state index contributed by atoms with van der Waals surface area (Å²) in [6.07, 6.45) is 0. The average Bonchev–Trinajstić information content (AvgIpc) is 2.27. The van der Waals surface area contributed by atoms with Gasteiger partial charge in [0.05, 0.1) is 12.2 Å². The Hall–Kier alpha value is -0.960. The molecule has 0 fully saturated rings. The van der Waals surface area contributed by atoms with Crippen molar-refractivity contribution < 1.29 is 9.53 Å². The Bertz CT molecular complexity index is 331. The van der Waals surface area contributed by atoms with Gasteiger partial charge < -0.3 is 9.72 Å². The lowest BCUT2D eigenvalue weighted by Gasteiger charge is -2.01. The first-order chi connectivity index (χ1) is 6.07. The molecule has 72 valence electrons. The Labute approximate surface area is 82.0 Å². The fourth-order valence-corrected chi connectivity index (χ4v) is 1.46. The number of hydrogen-bond acceptors (Lipinski definition) is 2. The third-order valence-electron chi connectivity index (χ3n) is 1.86. The maximum Gasteiger partial charge on any atom is 0.340 e. The summed E-state index contributed by atoms with van der Waals surface area (Å²) in [5, 5.41) is 0.501. The number of ether oxygens (including phenoxy) is 1. The van der Waals surface area contributed by atoms with Crippen LogP contribution in [-0.2, 0) is 4.74 Å². The van der Waals surface area contributed by atoms with Crippen LogP contribution in [0.3, 0.4) is 0 Å². The lowest BCUT2D eigenvalue weighted by atomic mass is 10.2. The van der Waals surface area contributed by atoms with Crippen molar-refractivity contribution in [3.05, 3.63) is 22.0 Å². The fourth-order valence-electron chi connectivity index (χ4n) is 1.22. The van der Waals surface area contributed by atoms with Crippen molar-refractivity contribution >= 4 is 17.6 Å². The molecule has 0 spiro atoms. The van der Waals surface area contributed by atoms with Crippen molar-refractivity contribution in [2.45, 2.75) is 20.8 Å². The molecule has 0 aliphatic carbocycles. The van der Waals surface area contributed by atoms with E-state index in [0.29, 0.717) is 17.3 Å². The van der Waals surface area contributed by atoms with E-state index in [0.717, 1.165) is 11.3 Å². The topological polar surface area (TPSA) is 42.1 Å². The van der Waals surface area contributed by atoms with E-state index in [-0.39, 0.29) is 5.97 Å². The van der Waals surface area contributed by atoms with E-state index in [4.69, 9.17) is 16.3 Å². The van der Waals surface area contributed by atoms with E-state index in [1.165, 1.54) is 0 Å². The van der Waals surface area contributed by atoms with Gasteiger partial charge in [0.15, 0.2) is 0 Å². The van der Waals surface area contributed by atoms with Crippen LogP contribution in [0.15, 0.2) is 0 Å². The summed E-state index contributed by atoms with van der Waals surface area (Å²) in [4.78, 5) is 14.3. The molecule has 1 N–H and O–H groups in total. The van der Waals surface area contributed by atoms with Gasteiger partial charge in [-0.1, -0.05) is 11.6 Å². The van der Waals surface area contributed by atoms with Crippen LogP contribution in [0.4, 0.5) is 0 Å². The maximum absolute atomic E-state index is 11.4. The molecule has 0 aliphatic rings. The number of aryl methyl sites for hydroxylation is 1. The SMILES string of the molecule is CCOC(=O)c1c(C)[nH]c(Cl)c1C. The molecule has 0 amide bonds. The summed E-state index contributed by atoms with van der Waals surface area (Å²) in [7, 11) is 0. The molecule has 1 aromatic heterocycles. The highest BCUT2D eigenvalue weighted by molar-refractivity contribution is 6.30. The number of carbonyl (C=O) groups excluding carboxylic acids is 1. The molecular weight excluding hydrogens is 190 g/mol. The summed E-state index contributed by atoms with van der Waals surface area (Å²) < 4.78 is 4.89. The number of esters is 1. The number of aromatic nitrogens is 1. The molecular formula is C9H12ClNO2. The van der Waals surface area contributed by atoms with E-state index in [2.05, 4.69) is 4.98 Å². The van der Waals surface area contributed by atoms with Gasteiger partial charge in [-0.05, 0) is 20.8 Å². The first-order valence-electron chi connectivity index (χ1n) is 4.09. The molecule has 0 saturated carbocycles. The molecule has 3 nitrogen and oxygen atoms in total. The molecule has 1 heterocycles. The number of halogens is 1. The Kier molecular flexibility index (Phi) is 2.98. The minimum absolute atomic E-state index is 0.319. The quantitative estimate of drug-likeness (QED) is 0.747. The summed E-state index contributed by atoms with van der Waals surface area (Å²) in [6, 6.07) is 0. The second-order valence-corrected chi connectivity index (χ2v) is 3.16. The van der Waals surface area contributed by atoms with Crippen molar-refractivity contribution in [2.24, 2.45) is 0 Å². The number of H-pyrrole nitrogens is 1. The normalized spacial score (nSPS) is 10.2. The van der Waals surface area contributed by atoms with Crippen molar-refractivity contribution in [1.29, 1.82) is 0 Å². The number of aromatic amines is 1. The second kappa shape index (κ2) is 3.83. The molecule has 0 bridgehead atoms. The molecule has 1 rings (SSSR count). The van der Waals surface area contributed by atoms with Crippen LogP contribution in [0.25, 0.3) is 0 Å². The van der Waals surface area contributed by atoms with Gasteiger partial charge in [-0.25, -0.2) is 4.79 Å². The summed E-state index contributed by atoms with van der Waals surface area (Å²) in [5.41, 5.74) is 2.05. The predicted molar refractivity (Wildman–Crippen MR) is 51.2 cm³/mol. The molecule has 0 radical (unpaired) electrons. The predicted octanol–water partition coefficient (Wildman–Crippen LogP) is 2.46. The minimum atomic E-state index is -0.319. The number of nitrogens with one attached hydrogen (secondary N) is 1. The standard InChI is InChI=1S/C9H12ClNO2/c1-4-13-9(12)7-5(2)8(10)11-6(7)3/h11H,4H2,1-3H3. The van der Waals surface area contributed by atoms with Crippen molar-refractivity contribution in [1.82, 2.24) is 4.98 Å². The molecule has 4 heteroatoms. The monoisotopic (exact) mass is 201 g/mol. The highest BCUT2D eigenvalue weighted by atomic mass is 35.5. The molecule has 0 aliphatic heterocycles. The van der Waals surface area contributed by atoms with Crippen LogP contribution in [-0.4, -0.2) is 17.6 Å². The summed E-state index contributed by atoms with van der Waals surface area (Å²) in [6.45, 7) is 5.74. The highest BCUT2D eigenvalue weighted by Gasteiger charge is 2.17. The minimum Gasteiger partial charge on any atom is -0.462 e. The van der Waals surface area contributed by atoms with Crippen molar-refractivity contribution in [3.63, 3.8) is 0 Å². The van der Waals surface area contributed by atoms with Gasteiger partial charge in [0.2, 0.25) is 0 Å². The highest BCUT2D eigenvalue weighted by Crippen LogP contribution is 2.22. The second-order valence-electron chi connectivity index (χ2n) is 2.78. The summed E-state index contributed by atoms with van der Waals surface area (Å²) >= 11 is 5.82. The molecule has 0 saturated heterocycles. The van der Waals surface area contributed by atoms with E-state index in [1.807, 2.05) is 0 Å². The van der Waals surface area contributed by atoms with Crippen LogP contribution >= 0.6 is 11.6 Å². The van der Waals surface area contributed by atoms with Crippen molar-refractivity contribution in [3.8, 4) is 0 Å². The Morgan fingerprint density at radius 2 is 2.15 bits per heavy atom. The number of carbonyl (C=O) groups is 1. The van der Waals surface area contributed by atoms with E-state index >= 15 is 0 Å². The molecule has 13 heavy (non-hydrogen) atoms. The van der Waals surface area contributed by atoms with Crippen LogP contribution in [0.5, 0.6) is 0 Å². The Morgan fingerprint density at radius 1 is 1.54 bits per heavy atom. The maximum atomic E-state index is 11.4. The smallest absolute Gasteiger partial charge is 0.340 e. The third-order valence-corrected chi connectivity index (χ3v) is 2.23. The largest absolute Gasteiger partial charge is 0.462 e. The molecule has 0 unspecified atom stereocenters. The van der Waals surface area contributed by atoms with Gasteiger partial charge >= 0.3 is 5.97 Å². The zero-order valence-electron chi connectivity index (χ0n) is 7.90. The van der Waals surface area contributed by atoms with Crippen LogP contribution in [0.2, 0.25) is 5.15 Å². The fraction of sp³-hybridized carbons (Fsp3) is 0.444. The number of hydrogen-bond donors (Lipinski definition) is 1. The van der Waals surface area contributed by atoms with Crippen LogP contribution in [0, 0.1) is 13.8 Å². The Morgan fingerprint density at radius 3 is 2.54 bits per heavy atom. The van der Waals surface area contributed by atoms with Gasteiger partial charge in [-0.15, -0.1) is 0 Å². The average molecular weight is 202 g/mol. The van der Waals surface area contributed by atoms with Gasteiger partial charge in [-0.3, -0.25) is 0 Å². The lowest BCUT2D eigenvalue weighted by molar-refractivity contribution is 0.0525. The summed E-state index contributed by atoms with van der Waals surface area (Å²) in [5.74, 6) is -0.319. The number of rotatable bonds is 2. The van der Waals surface area contributed by atoms with Crippen LogP contribution in [0.1, 0.15) is 28.5 Å². The Balaban J connectivity index is 3.06. The first-order valence-corrected chi connectivity index (χ1v) is 4.47. The zero-order valence-corrected chi connectivity index (χ0v) is 8.66. The van der Waals surface area contributed by atoms with Crippen LogP contribution < -0.4 is 0 Å². The van der Waals surface area contributed by atoms with Gasteiger partial charge in [0, 0.05) is 11.3 Å². The van der Waals surface area contributed by atoms with Gasteiger partial charge in [0.1, 0.15) is 5.15 Å². The van der Waals surface area contributed by atoms with Gasteiger partial charge in [0.25, 0.3) is 0 Å². The molecule has 0 atom stereocenters. The van der Waals surface area contributed by atoms with E-state index in [9.17, 15) is 4.79 Å². The van der Waals surface area contributed by atoms with E-state index in [1.54, 1.807) is 20.8 Å². The molecule has 1 aromatic rings. The first kappa shape index (κ1) is 10.1. The zero-order chi connectivity index (χ0) is 10.0. The van der Waals surface area contributed by atoms with Crippen molar-refractivity contribution in [2.75, 3.05) is 6.61 Å². The lowest BCUT2D eigenvalue weighted by Crippen LogP contribution is -2.06.